The number of carbonyl (C=O) groups excluding carboxylic acids is 1. The number of rotatable bonds is 4. The summed E-state index contributed by atoms with van der Waals surface area (Å²) in [5, 5.41) is 0. The molecule has 0 unspecified atom stereocenters. The number of Topliss-reactive ketones (excluding diaryl/α,β-unsaturated/α-hetero) is 1. The summed E-state index contributed by atoms with van der Waals surface area (Å²) in [5.74, 6) is 0.551. The van der Waals surface area contributed by atoms with Gasteiger partial charge >= 0.3 is 10.1 Å². The summed E-state index contributed by atoms with van der Waals surface area (Å²) in [5.41, 5.74) is -0.353. The number of carbonyl (C=O) groups is 1. The van der Waals surface area contributed by atoms with Crippen molar-refractivity contribution < 1.29 is 31.6 Å². The van der Waals surface area contributed by atoms with Crippen LogP contribution in [0, 0.1) is 0 Å². The first-order valence-corrected chi connectivity index (χ1v) is 9.23. The van der Waals surface area contributed by atoms with E-state index in [4.69, 9.17) is 18.4 Å². The standard InChI is InChI=1S/C17H14O7S/c1-21-13-6-4-3-5-12(13)17-15(18)11-8-7-10(24-25(2,19)20)9-14(11)22-16(17)23-17/h3-9,16H,1-2H3/t16-,17-/m1/s1. The molecule has 0 amide bonds. The average molecular weight is 362 g/mol. The zero-order valence-corrected chi connectivity index (χ0v) is 14.2. The van der Waals surface area contributed by atoms with Gasteiger partial charge in [-0.25, -0.2) is 0 Å². The molecule has 2 aliphatic rings. The third kappa shape index (κ3) is 2.45. The predicted molar refractivity (Wildman–Crippen MR) is 86.4 cm³/mol. The Morgan fingerprint density at radius 2 is 1.92 bits per heavy atom. The molecule has 4 rings (SSSR count). The van der Waals surface area contributed by atoms with Crippen molar-refractivity contribution in [1.82, 2.24) is 0 Å². The van der Waals surface area contributed by atoms with Crippen molar-refractivity contribution in [2.45, 2.75) is 11.9 Å². The molecule has 1 saturated heterocycles. The fourth-order valence-electron chi connectivity index (χ4n) is 3.00. The smallest absolute Gasteiger partial charge is 0.306 e. The SMILES string of the molecule is COc1ccccc1[C@]12O[C@H]1Oc1cc(OS(C)(=O)=O)ccc1C2=O. The largest absolute Gasteiger partial charge is 0.496 e. The van der Waals surface area contributed by atoms with Crippen molar-refractivity contribution >= 4 is 15.9 Å². The van der Waals surface area contributed by atoms with Crippen LogP contribution in [0.4, 0.5) is 0 Å². The van der Waals surface area contributed by atoms with Gasteiger partial charge in [-0.1, -0.05) is 18.2 Å². The van der Waals surface area contributed by atoms with Gasteiger partial charge < -0.3 is 18.4 Å². The average Bonchev–Trinajstić information content (AvgIpc) is 3.29. The van der Waals surface area contributed by atoms with Gasteiger partial charge in [0, 0.05) is 11.6 Å². The molecular weight excluding hydrogens is 348 g/mol. The number of para-hydroxylation sites is 1. The summed E-state index contributed by atoms with van der Waals surface area (Å²) in [7, 11) is -2.16. The van der Waals surface area contributed by atoms with Gasteiger partial charge in [0.15, 0.2) is 0 Å². The van der Waals surface area contributed by atoms with Crippen molar-refractivity contribution in [3.8, 4) is 17.2 Å². The van der Waals surface area contributed by atoms with Gasteiger partial charge in [-0.3, -0.25) is 4.79 Å². The molecule has 2 aliphatic heterocycles. The lowest BCUT2D eigenvalue weighted by Gasteiger charge is -2.21. The van der Waals surface area contributed by atoms with E-state index in [1.165, 1.54) is 25.3 Å². The van der Waals surface area contributed by atoms with Crippen LogP contribution in [-0.4, -0.2) is 33.9 Å². The van der Waals surface area contributed by atoms with Gasteiger partial charge in [-0.2, -0.15) is 8.42 Å². The quantitative estimate of drug-likeness (QED) is 0.605. The summed E-state index contributed by atoms with van der Waals surface area (Å²) in [6.45, 7) is 0. The number of methoxy groups -OCH3 is 1. The molecule has 8 heteroatoms. The third-order valence-electron chi connectivity index (χ3n) is 4.09. The molecule has 1 fully saturated rings. The minimum absolute atomic E-state index is 0.0690. The first-order chi connectivity index (χ1) is 11.8. The molecule has 2 heterocycles. The summed E-state index contributed by atoms with van der Waals surface area (Å²) < 4.78 is 44.0. The fraction of sp³-hybridized carbons (Fsp3) is 0.235. The first kappa shape index (κ1) is 15.9. The Bertz CT molecular complexity index is 982. The van der Waals surface area contributed by atoms with Crippen LogP contribution in [0.1, 0.15) is 15.9 Å². The number of epoxide rings is 1. The predicted octanol–water partition coefficient (Wildman–Crippen LogP) is 1.86. The van der Waals surface area contributed by atoms with E-state index in [1.807, 2.05) is 0 Å². The Labute approximate surface area is 144 Å². The molecule has 2 aromatic carbocycles. The van der Waals surface area contributed by atoms with E-state index in [9.17, 15) is 13.2 Å². The fourth-order valence-corrected chi connectivity index (χ4v) is 3.45. The lowest BCUT2D eigenvalue weighted by molar-refractivity contribution is 0.0860. The minimum Gasteiger partial charge on any atom is -0.496 e. The summed E-state index contributed by atoms with van der Waals surface area (Å²) >= 11 is 0. The molecule has 0 N–H and O–H groups in total. The van der Waals surface area contributed by atoms with Gasteiger partial charge in [0.2, 0.25) is 17.7 Å². The van der Waals surface area contributed by atoms with Gasteiger partial charge in [0.25, 0.3) is 0 Å². The maximum Gasteiger partial charge on any atom is 0.306 e. The van der Waals surface area contributed by atoms with Crippen molar-refractivity contribution in [1.29, 1.82) is 0 Å². The monoisotopic (exact) mass is 362 g/mol. The molecule has 0 aromatic heterocycles. The van der Waals surface area contributed by atoms with Crippen LogP contribution in [0.25, 0.3) is 0 Å². The van der Waals surface area contributed by atoms with Gasteiger partial charge in [0.05, 0.1) is 18.9 Å². The van der Waals surface area contributed by atoms with E-state index in [1.54, 1.807) is 24.3 Å². The van der Waals surface area contributed by atoms with Gasteiger partial charge in [-0.15, -0.1) is 0 Å². The van der Waals surface area contributed by atoms with E-state index in [0.717, 1.165) is 6.26 Å². The van der Waals surface area contributed by atoms with Crippen LogP contribution in [0.15, 0.2) is 42.5 Å². The molecule has 25 heavy (non-hydrogen) atoms. The van der Waals surface area contributed by atoms with E-state index >= 15 is 0 Å². The van der Waals surface area contributed by atoms with E-state index < -0.39 is 22.0 Å². The van der Waals surface area contributed by atoms with Crippen LogP contribution in [0.5, 0.6) is 17.2 Å². The molecule has 130 valence electrons. The second-order valence-corrected chi connectivity index (χ2v) is 7.35. The molecule has 2 atom stereocenters. The van der Waals surface area contributed by atoms with E-state index in [2.05, 4.69) is 0 Å². The lowest BCUT2D eigenvalue weighted by Crippen LogP contribution is -2.32. The highest BCUT2D eigenvalue weighted by Gasteiger charge is 2.70. The second kappa shape index (κ2) is 5.21. The molecule has 0 radical (unpaired) electrons. The second-order valence-electron chi connectivity index (χ2n) is 5.78. The zero-order valence-electron chi connectivity index (χ0n) is 13.4. The highest BCUT2D eigenvalue weighted by molar-refractivity contribution is 7.86. The molecule has 7 nitrogen and oxygen atoms in total. The molecule has 0 saturated carbocycles. The molecular formula is C17H14O7S. The number of benzene rings is 2. The normalized spacial score (nSPS) is 23.9. The van der Waals surface area contributed by atoms with Crippen LogP contribution in [0.2, 0.25) is 0 Å². The lowest BCUT2D eigenvalue weighted by atomic mass is 9.87. The maximum absolute atomic E-state index is 13.0. The third-order valence-corrected chi connectivity index (χ3v) is 4.59. The highest BCUT2D eigenvalue weighted by Crippen LogP contribution is 2.56. The number of ketones is 1. The summed E-state index contributed by atoms with van der Waals surface area (Å²) in [6, 6.07) is 11.3. The number of fused-ring (bicyclic) bond motifs is 2. The Balaban J connectivity index is 1.75. The van der Waals surface area contributed by atoms with Crippen LogP contribution in [-0.2, 0) is 20.5 Å². The van der Waals surface area contributed by atoms with Gasteiger partial charge in [0.1, 0.15) is 17.2 Å². The van der Waals surface area contributed by atoms with Crippen molar-refractivity contribution in [3.05, 3.63) is 53.6 Å². The molecule has 2 aromatic rings. The minimum atomic E-state index is -3.67. The Kier molecular flexibility index (Phi) is 3.32. The van der Waals surface area contributed by atoms with E-state index in [-0.39, 0.29) is 17.3 Å². The van der Waals surface area contributed by atoms with Crippen molar-refractivity contribution in [3.63, 3.8) is 0 Å². The highest BCUT2D eigenvalue weighted by atomic mass is 32.2. The Morgan fingerprint density at radius 1 is 1.16 bits per heavy atom. The Morgan fingerprint density at radius 3 is 2.64 bits per heavy atom. The van der Waals surface area contributed by atoms with Crippen LogP contribution >= 0.6 is 0 Å². The summed E-state index contributed by atoms with van der Waals surface area (Å²) in [6.07, 6.45) is 0.145. The van der Waals surface area contributed by atoms with Crippen molar-refractivity contribution in [2.75, 3.05) is 13.4 Å². The molecule has 0 bridgehead atoms. The van der Waals surface area contributed by atoms with Crippen molar-refractivity contribution in [2.24, 2.45) is 0 Å². The Hall–Kier alpha value is -2.58. The molecule has 0 aliphatic carbocycles. The topological polar surface area (TPSA) is 91.4 Å². The van der Waals surface area contributed by atoms with Crippen LogP contribution in [0.3, 0.4) is 0 Å². The number of hydrogen-bond acceptors (Lipinski definition) is 7. The molecule has 0 spiro atoms. The zero-order chi connectivity index (χ0) is 17.8. The van der Waals surface area contributed by atoms with Gasteiger partial charge in [-0.05, 0) is 18.2 Å². The van der Waals surface area contributed by atoms with Crippen LogP contribution < -0.4 is 13.7 Å². The maximum atomic E-state index is 13.0. The summed E-state index contributed by atoms with van der Waals surface area (Å²) in [4.78, 5) is 13.0. The van der Waals surface area contributed by atoms with E-state index in [0.29, 0.717) is 16.9 Å². The first-order valence-electron chi connectivity index (χ1n) is 7.41. The number of ether oxygens (including phenoxy) is 3. The number of hydrogen-bond donors (Lipinski definition) is 0.